The second kappa shape index (κ2) is 24.9. The minimum absolute atomic E-state index is 0.00980. The first-order chi connectivity index (χ1) is 35.0. The maximum absolute atomic E-state index is 12.4. The van der Waals surface area contributed by atoms with Crippen molar-refractivity contribution in [3.63, 3.8) is 0 Å². The highest BCUT2D eigenvalue weighted by atomic mass is 16.6. The Bertz CT molecular complexity index is 2280. The van der Waals surface area contributed by atoms with E-state index in [9.17, 15) is 38.4 Å². The number of nitrogens with zero attached hydrogens (tertiary/aromatic N) is 4. The molecule has 1 aromatic rings. The number of ether oxygens (including phenoxy) is 5. The molecule has 2 amide bonds. The van der Waals surface area contributed by atoms with Gasteiger partial charge in [-0.2, -0.15) is 0 Å². The van der Waals surface area contributed by atoms with E-state index in [2.05, 4.69) is 42.0 Å². The van der Waals surface area contributed by atoms with Gasteiger partial charge in [0.1, 0.15) is 28.8 Å². The lowest BCUT2D eigenvalue weighted by atomic mass is 9.88. The molecule has 8 bridgehead atoms. The second-order valence-electron chi connectivity index (χ2n) is 22.9. The Morgan fingerprint density at radius 1 is 0.622 bits per heavy atom. The first-order valence-corrected chi connectivity index (χ1v) is 26.8. The molecule has 6 fully saturated rings. The van der Waals surface area contributed by atoms with E-state index in [1.807, 2.05) is 45.0 Å². The van der Waals surface area contributed by atoms with Crippen molar-refractivity contribution >= 4 is 47.4 Å². The Kier molecular flexibility index (Phi) is 19.5. The lowest BCUT2D eigenvalue weighted by Crippen LogP contribution is -2.55. The fraction of sp³-hybridized carbons (Fsp3) is 0.684. The van der Waals surface area contributed by atoms with Gasteiger partial charge in [-0.25, -0.2) is 14.4 Å². The Morgan fingerprint density at radius 3 is 1.77 bits per heavy atom. The molecule has 408 valence electrons. The van der Waals surface area contributed by atoms with Gasteiger partial charge < -0.3 is 28.6 Å². The van der Waals surface area contributed by atoms with Gasteiger partial charge in [-0.3, -0.25) is 38.7 Å². The van der Waals surface area contributed by atoms with Crippen LogP contribution in [0.2, 0.25) is 0 Å². The van der Waals surface area contributed by atoms with E-state index in [1.165, 1.54) is 32.6 Å². The van der Waals surface area contributed by atoms with E-state index in [4.69, 9.17) is 23.7 Å². The van der Waals surface area contributed by atoms with Crippen LogP contribution >= 0.6 is 0 Å². The van der Waals surface area contributed by atoms with Crippen molar-refractivity contribution in [2.75, 3.05) is 27.9 Å². The summed E-state index contributed by atoms with van der Waals surface area (Å²) in [6.07, 6.45) is 14.9. The average Bonchev–Trinajstić information content (AvgIpc) is 3.98. The molecule has 17 heteroatoms. The van der Waals surface area contributed by atoms with Gasteiger partial charge in [0.25, 0.3) is 0 Å². The Balaban J connectivity index is 0.000000164. The monoisotopic (exact) mass is 1030 g/mol. The molecule has 8 aliphatic heterocycles. The van der Waals surface area contributed by atoms with Crippen LogP contribution in [-0.4, -0.2) is 154 Å². The molecule has 0 N–H and O–H groups in total. The van der Waals surface area contributed by atoms with E-state index in [-0.39, 0.29) is 72.0 Å². The molecule has 8 heterocycles. The number of likely N-dealkylation sites (N-methyl/N-ethyl adjacent to an activating group) is 1. The molecule has 17 nitrogen and oxygen atoms in total. The van der Waals surface area contributed by atoms with Crippen molar-refractivity contribution in [2.45, 2.75) is 211 Å². The van der Waals surface area contributed by atoms with Gasteiger partial charge >= 0.3 is 30.1 Å². The third-order valence-corrected chi connectivity index (χ3v) is 15.6. The predicted molar refractivity (Wildman–Crippen MR) is 275 cm³/mol. The number of Topliss-reactive ketones (excluding diaryl/α,β-unsaturated/α-hetero) is 3. The molecule has 10 atom stereocenters. The van der Waals surface area contributed by atoms with Crippen LogP contribution in [0.1, 0.15) is 151 Å². The maximum Gasteiger partial charge on any atom is 0.411 e. The first-order valence-electron chi connectivity index (χ1n) is 26.8. The van der Waals surface area contributed by atoms with Crippen LogP contribution in [-0.2, 0) is 59.0 Å². The normalized spacial score (nSPS) is 28.7. The topological polar surface area (TPSA) is 196 Å². The zero-order chi connectivity index (χ0) is 54.2. The number of carbonyl (C=O) groups is 8. The summed E-state index contributed by atoms with van der Waals surface area (Å²) in [5.74, 6) is -2.49. The number of ketones is 3. The highest BCUT2D eigenvalue weighted by Gasteiger charge is 2.54. The number of fused-ring (bicyclic) bond motifs is 8. The smallest absolute Gasteiger partial charge is 0.411 e. The molecule has 8 aliphatic rings. The van der Waals surface area contributed by atoms with E-state index in [1.54, 1.807) is 37.5 Å². The van der Waals surface area contributed by atoms with Crippen LogP contribution in [0.3, 0.4) is 0 Å². The van der Waals surface area contributed by atoms with Crippen molar-refractivity contribution in [1.29, 1.82) is 0 Å². The third-order valence-electron chi connectivity index (χ3n) is 15.6. The summed E-state index contributed by atoms with van der Waals surface area (Å²) in [4.78, 5) is 104. The van der Waals surface area contributed by atoms with E-state index in [0.29, 0.717) is 43.5 Å². The number of benzene rings is 1. The zero-order valence-electron chi connectivity index (χ0n) is 45.7. The van der Waals surface area contributed by atoms with Gasteiger partial charge in [0.05, 0.1) is 38.5 Å². The molecular formula is C57H82N4O13. The van der Waals surface area contributed by atoms with Crippen molar-refractivity contribution in [1.82, 2.24) is 19.6 Å². The minimum atomic E-state index is -0.869. The Morgan fingerprint density at radius 2 is 1.16 bits per heavy atom. The van der Waals surface area contributed by atoms with Crippen LogP contribution in [0, 0.1) is 11.8 Å². The molecule has 0 aliphatic carbocycles. The molecule has 10 unspecified atom stereocenters. The highest BCUT2D eigenvalue weighted by Crippen LogP contribution is 2.41. The van der Waals surface area contributed by atoms with Gasteiger partial charge in [-0.15, -0.1) is 0 Å². The number of hydrogen-bond donors (Lipinski definition) is 0. The number of piperidine rings is 2. The lowest BCUT2D eigenvalue weighted by molar-refractivity contribution is -0.158. The predicted octanol–water partition coefficient (Wildman–Crippen LogP) is 8.09. The number of hydrogen-bond acceptors (Lipinski definition) is 15. The molecule has 0 aromatic heterocycles. The number of unbranched alkanes of at least 4 members (excludes halogenated alkanes) is 1. The quantitative estimate of drug-likeness (QED) is 0.0995. The summed E-state index contributed by atoms with van der Waals surface area (Å²) >= 11 is 0. The van der Waals surface area contributed by atoms with E-state index < -0.39 is 41.1 Å². The third kappa shape index (κ3) is 13.9. The maximum atomic E-state index is 12.4. The molecule has 0 spiro atoms. The van der Waals surface area contributed by atoms with Crippen molar-refractivity contribution < 1.29 is 62.0 Å². The summed E-state index contributed by atoms with van der Waals surface area (Å²) in [7, 11) is 4.76. The van der Waals surface area contributed by atoms with Gasteiger partial charge in [-0.05, 0) is 132 Å². The number of carbonyl (C=O) groups excluding carboxylic acids is 8. The minimum Gasteiger partial charge on any atom is -0.468 e. The summed E-state index contributed by atoms with van der Waals surface area (Å²) in [6.45, 7) is 15.9. The number of amides is 2. The number of rotatable bonds is 9. The molecule has 74 heavy (non-hydrogen) atoms. The number of methoxy groups -OCH3 is 2. The molecule has 1 aromatic carbocycles. The Hall–Kier alpha value is -5.42. The van der Waals surface area contributed by atoms with Crippen molar-refractivity contribution in [3.8, 4) is 0 Å². The van der Waals surface area contributed by atoms with Crippen LogP contribution in [0.25, 0.3) is 0 Å². The van der Waals surface area contributed by atoms with Gasteiger partial charge in [0.2, 0.25) is 0 Å². The average molecular weight is 1030 g/mol. The summed E-state index contributed by atoms with van der Waals surface area (Å²) in [5, 5.41) is 0. The Labute approximate surface area is 438 Å². The summed E-state index contributed by atoms with van der Waals surface area (Å²) in [6, 6.07) is 11.1. The largest absolute Gasteiger partial charge is 0.468 e. The first kappa shape index (κ1) is 57.9. The fourth-order valence-corrected chi connectivity index (χ4v) is 12.1. The van der Waals surface area contributed by atoms with Crippen molar-refractivity contribution in [3.05, 3.63) is 59.2 Å². The van der Waals surface area contributed by atoms with Crippen molar-refractivity contribution in [2.24, 2.45) is 11.8 Å². The van der Waals surface area contributed by atoms with Gasteiger partial charge in [-0.1, -0.05) is 55.8 Å². The molecule has 0 saturated carbocycles. The van der Waals surface area contributed by atoms with E-state index >= 15 is 0 Å². The zero-order valence-corrected chi connectivity index (χ0v) is 45.7. The van der Waals surface area contributed by atoms with Gasteiger partial charge in [0, 0.05) is 61.2 Å². The van der Waals surface area contributed by atoms with E-state index in [0.717, 1.165) is 63.5 Å². The van der Waals surface area contributed by atoms with Crippen LogP contribution in [0.15, 0.2) is 53.6 Å². The molecular weight excluding hydrogens is 949 g/mol. The SMILES string of the molecule is CC(=O)C1=CCC2CCC1N2C.CCCCOC(=O)C1C(=O)CC2CCC1N2Cc1ccccc1.COC(=O)C1=CCC2CCC1N2C(=O)OC(C)(C)C.COC(=O)C1C(=O)CC2CCC1N2C(=O)OC(C)(C)C. The van der Waals surface area contributed by atoms with Crippen LogP contribution in [0.5, 0.6) is 0 Å². The molecule has 6 saturated heterocycles. The summed E-state index contributed by atoms with van der Waals surface area (Å²) < 4.78 is 25.6. The molecule has 9 rings (SSSR count). The lowest BCUT2D eigenvalue weighted by Gasteiger charge is -2.38. The van der Waals surface area contributed by atoms with Crippen LogP contribution < -0.4 is 0 Å². The van der Waals surface area contributed by atoms with Gasteiger partial charge in [0.15, 0.2) is 11.6 Å². The molecule has 0 radical (unpaired) electrons. The second-order valence-corrected chi connectivity index (χ2v) is 22.9. The number of esters is 3. The highest BCUT2D eigenvalue weighted by molar-refractivity contribution is 6.02. The van der Waals surface area contributed by atoms with Crippen LogP contribution in [0.4, 0.5) is 9.59 Å². The standard InChI is InChI=1S/C19H25NO3.C14H21NO5.C14H21NO4.C10H15NO/c1-2-3-11-23-19(22)18-16-10-9-15(12-17(18)21)20(16)13-14-7-5-4-6-8-14;1-14(2,3)20-13(18)15-8-5-6-9(15)11(10(16)7-8)12(17)19-4;1-14(2,3)19-13(17)15-9-5-7-10(12(16)18-4)11(15)8-6-9;1-7(12)9-5-3-8-4-6-10(9)11(8)2/h4-8,15-16,18H,2-3,9-13H2,1H3;8-9,11H,5-7H2,1-4H3;7,9,11H,5-6,8H2,1-4H3;5,8,10H,3-4,6H2,1-2H3. The summed E-state index contributed by atoms with van der Waals surface area (Å²) in [5.41, 5.74) is 1.74. The fourth-order valence-electron chi connectivity index (χ4n) is 12.1.